The van der Waals surface area contributed by atoms with Crippen LogP contribution in [0, 0.1) is 0 Å². The number of nitrogens with zero attached hydrogens (tertiary/aromatic N) is 4. The number of rotatable bonds is 2. The van der Waals surface area contributed by atoms with E-state index in [1.807, 2.05) is 0 Å². The average molecular weight is 345 g/mol. The monoisotopic (exact) mass is 345 g/mol. The van der Waals surface area contributed by atoms with Crippen LogP contribution in [-0.2, 0) is 15.0 Å². The van der Waals surface area contributed by atoms with Crippen molar-refractivity contribution in [3.63, 3.8) is 0 Å². The molecule has 0 saturated carbocycles. The van der Waals surface area contributed by atoms with Crippen molar-refractivity contribution in [2.45, 2.75) is 52.0 Å². The molecule has 136 valence electrons. The molecule has 1 N–H and O–H groups in total. The Bertz CT molecular complexity index is 695. The highest BCUT2D eigenvalue weighted by atomic mass is 16.2. The van der Waals surface area contributed by atoms with Gasteiger partial charge >= 0.3 is 11.8 Å². The quantitative estimate of drug-likeness (QED) is 0.811. The standard InChI is InChI=1S/C18H27N5O2/c1-11(2)15-20-13(18(3,4)5)8-14(21-15)22-6-7-23-12(10-22)9-19-16(24)17(23)25/h8,11-12H,6-7,9-10H2,1-5H3,(H,19,24)/t12-/m1/s1. The van der Waals surface area contributed by atoms with Gasteiger partial charge in [-0.15, -0.1) is 0 Å². The van der Waals surface area contributed by atoms with Crippen LogP contribution in [0.15, 0.2) is 6.07 Å². The largest absolute Gasteiger partial charge is 0.353 e. The zero-order valence-corrected chi connectivity index (χ0v) is 15.7. The van der Waals surface area contributed by atoms with Crippen molar-refractivity contribution in [2.75, 3.05) is 31.1 Å². The molecule has 25 heavy (non-hydrogen) atoms. The minimum absolute atomic E-state index is 0.00509. The second-order valence-electron chi connectivity index (χ2n) is 8.18. The number of aromatic nitrogens is 2. The molecule has 0 aromatic carbocycles. The number of hydrogen-bond donors (Lipinski definition) is 1. The molecule has 0 aliphatic carbocycles. The zero-order chi connectivity index (χ0) is 18.4. The summed E-state index contributed by atoms with van der Waals surface area (Å²) in [5.74, 6) is 1.09. The van der Waals surface area contributed by atoms with E-state index in [1.54, 1.807) is 4.90 Å². The first-order valence-electron chi connectivity index (χ1n) is 8.90. The normalized spacial score (nSPS) is 21.4. The highest BCUT2D eigenvalue weighted by molar-refractivity contribution is 6.35. The Morgan fingerprint density at radius 3 is 2.56 bits per heavy atom. The van der Waals surface area contributed by atoms with Crippen LogP contribution in [0.4, 0.5) is 5.82 Å². The van der Waals surface area contributed by atoms with Crippen LogP contribution in [0.2, 0.25) is 0 Å². The van der Waals surface area contributed by atoms with Gasteiger partial charge in [0.1, 0.15) is 11.6 Å². The fraction of sp³-hybridized carbons (Fsp3) is 0.667. The molecular weight excluding hydrogens is 318 g/mol. The molecule has 7 nitrogen and oxygen atoms in total. The van der Waals surface area contributed by atoms with Crippen LogP contribution in [0.5, 0.6) is 0 Å². The number of carbonyl (C=O) groups is 2. The molecule has 1 aromatic heterocycles. The Morgan fingerprint density at radius 2 is 1.92 bits per heavy atom. The Kier molecular flexibility index (Phi) is 4.43. The molecule has 3 rings (SSSR count). The van der Waals surface area contributed by atoms with Gasteiger partial charge in [-0.1, -0.05) is 34.6 Å². The van der Waals surface area contributed by atoms with Gasteiger partial charge in [0, 0.05) is 43.6 Å². The Labute approximate surface area is 148 Å². The number of fused-ring (bicyclic) bond motifs is 1. The molecule has 2 amide bonds. The van der Waals surface area contributed by atoms with Gasteiger partial charge in [0.25, 0.3) is 0 Å². The van der Waals surface area contributed by atoms with Gasteiger partial charge in [-0.2, -0.15) is 0 Å². The minimum Gasteiger partial charge on any atom is -0.353 e. The summed E-state index contributed by atoms with van der Waals surface area (Å²) in [6, 6.07) is 2.06. The molecule has 2 aliphatic heterocycles. The summed E-state index contributed by atoms with van der Waals surface area (Å²) in [4.78, 5) is 36.9. The maximum atomic E-state index is 12.0. The summed E-state index contributed by atoms with van der Waals surface area (Å²) in [6.07, 6.45) is 0. The summed E-state index contributed by atoms with van der Waals surface area (Å²) in [7, 11) is 0. The van der Waals surface area contributed by atoms with Crippen LogP contribution in [0.3, 0.4) is 0 Å². The molecule has 1 atom stereocenters. The van der Waals surface area contributed by atoms with Crippen LogP contribution >= 0.6 is 0 Å². The van der Waals surface area contributed by atoms with Gasteiger partial charge in [-0.05, 0) is 0 Å². The second-order valence-corrected chi connectivity index (χ2v) is 8.18. The lowest BCUT2D eigenvalue weighted by Crippen LogP contribution is -2.65. The van der Waals surface area contributed by atoms with Gasteiger partial charge in [-0.3, -0.25) is 9.59 Å². The predicted octanol–water partition coefficient (Wildman–Crippen LogP) is 1.04. The smallest absolute Gasteiger partial charge is 0.312 e. The summed E-state index contributed by atoms with van der Waals surface area (Å²) in [5.41, 5.74) is 0.967. The van der Waals surface area contributed by atoms with Crippen molar-refractivity contribution in [3.8, 4) is 0 Å². The maximum Gasteiger partial charge on any atom is 0.312 e. The van der Waals surface area contributed by atoms with E-state index in [2.05, 4.69) is 50.9 Å². The molecular formula is C18H27N5O2. The van der Waals surface area contributed by atoms with E-state index in [-0.39, 0.29) is 17.4 Å². The molecule has 0 radical (unpaired) electrons. The maximum absolute atomic E-state index is 12.0. The van der Waals surface area contributed by atoms with E-state index in [0.717, 1.165) is 17.3 Å². The van der Waals surface area contributed by atoms with E-state index in [0.29, 0.717) is 26.2 Å². The van der Waals surface area contributed by atoms with E-state index < -0.39 is 11.8 Å². The molecule has 1 aromatic rings. The first kappa shape index (κ1) is 17.6. The fourth-order valence-corrected chi connectivity index (χ4v) is 3.18. The number of amides is 2. The summed E-state index contributed by atoms with van der Waals surface area (Å²) in [5, 5.41) is 2.68. The van der Waals surface area contributed by atoms with Crippen LogP contribution in [0.25, 0.3) is 0 Å². The lowest BCUT2D eigenvalue weighted by molar-refractivity contribution is -0.150. The van der Waals surface area contributed by atoms with E-state index in [1.165, 1.54) is 0 Å². The summed E-state index contributed by atoms with van der Waals surface area (Å²) in [6.45, 7) is 13.0. The van der Waals surface area contributed by atoms with Crippen molar-refractivity contribution >= 4 is 17.6 Å². The van der Waals surface area contributed by atoms with Crippen molar-refractivity contribution in [1.82, 2.24) is 20.2 Å². The number of piperazine rings is 2. The van der Waals surface area contributed by atoms with Gasteiger partial charge in [0.2, 0.25) is 0 Å². The van der Waals surface area contributed by atoms with Crippen LogP contribution in [-0.4, -0.2) is 58.9 Å². The molecule has 0 spiro atoms. The molecule has 3 heterocycles. The van der Waals surface area contributed by atoms with Crippen molar-refractivity contribution < 1.29 is 9.59 Å². The van der Waals surface area contributed by atoms with Crippen molar-refractivity contribution in [3.05, 3.63) is 17.6 Å². The van der Waals surface area contributed by atoms with Crippen LogP contribution < -0.4 is 10.2 Å². The average Bonchev–Trinajstić information content (AvgIpc) is 2.56. The summed E-state index contributed by atoms with van der Waals surface area (Å²) >= 11 is 0. The third kappa shape index (κ3) is 3.45. The highest BCUT2D eigenvalue weighted by Crippen LogP contribution is 2.27. The van der Waals surface area contributed by atoms with Crippen molar-refractivity contribution in [2.24, 2.45) is 0 Å². The topological polar surface area (TPSA) is 78.4 Å². The Hall–Kier alpha value is -2.18. The molecule has 7 heteroatoms. The van der Waals surface area contributed by atoms with E-state index in [4.69, 9.17) is 9.97 Å². The number of anilines is 1. The van der Waals surface area contributed by atoms with Gasteiger partial charge in [0.05, 0.1) is 11.7 Å². The number of hydrogen-bond acceptors (Lipinski definition) is 5. The van der Waals surface area contributed by atoms with Gasteiger partial charge in [-0.25, -0.2) is 9.97 Å². The zero-order valence-electron chi connectivity index (χ0n) is 15.7. The minimum atomic E-state index is -0.496. The molecule has 0 unspecified atom stereocenters. The molecule has 2 aliphatic rings. The van der Waals surface area contributed by atoms with Crippen LogP contribution in [0.1, 0.15) is 52.1 Å². The first-order valence-corrected chi connectivity index (χ1v) is 8.90. The van der Waals surface area contributed by atoms with E-state index >= 15 is 0 Å². The third-order valence-corrected chi connectivity index (χ3v) is 4.77. The second kappa shape index (κ2) is 6.28. The molecule has 2 fully saturated rings. The van der Waals surface area contributed by atoms with E-state index in [9.17, 15) is 9.59 Å². The number of carbonyl (C=O) groups excluding carboxylic acids is 2. The molecule has 0 bridgehead atoms. The predicted molar refractivity (Wildman–Crippen MR) is 95.5 cm³/mol. The molecule has 2 saturated heterocycles. The Balaban J connectivity index is 1.88. The van der Waals surface area contributed by atoms with Gasteiger partial charge in [0.15, 0.2) is 0 Å². The highest BCUT2D eigenvalue weighted by Gasteiger charge is 2.38. The van der Waals surface area contributed by atoms with Crippen molar-refractivity contribution in [1.29, 1.82) is 0 Å². The third-order valence-electron chi connectivity index (χ3n) is 4.77. The lowest BCUT2D eigenvalue weighted by Gasteiger charge is -2.44. The first-order chi connectivity index (χ1) is 11.7. The number of nitrogens with one attached hydrogen (secondary N) is 1. The fourth-order valence-electron chi connectivity index (χ4n) is 3.18. The lowest BCUT2D eigenvalue weighted by atomic mass is 9.91. The SMILES string of the molecule is CC(C)c1nc(N2CCN3C(=O)C(=O)NC[C@@H]3C2)cc(C(C)(C)C)n1. The Morgan fingerprint density at radius 1 is 1.20 bits per heavy atom. The summed E-state index contributed by atoms with van der Waals surface area (Å²) < 4.78 is 0. The van der Waals surface area contributed by atoms with Gasteiger partial charge < -0.3 is 15.1 Å².